The fourth-order valence-corrected chi connectivity index (χ4v) is 3.13. The molecule has 0 radical (unpaired) electrons. The van der Waals surface area contributed by atoms with Gasteiger partial charge in [-0.15, -0.1) is 11.3 Å². The molecule has 0 fully saturated rings. The van der Waals surface area contributed by atoms with Crippen LogP contribution in [0.4, 0.5) is 0 Å². The summed E-state index contributed by atoms with van der Waals surface area (Å²) < 4.78 is 25.2. The Morgan fingerprint density at radius 1 is 1.48 bits per heavy atom. The monoisotopic (exact) mass is 330 g/mol. The molecule has 21 heavy (non-hydrogen) atoms. The second kappa shape index (κ2) is 8.79. The lowest BCUT2D eigenvalue weighted by atomic mass is 10.3. The third-order valence-corrected chi connectivity index (χ3v) is 4.65. The van der Waals surface area contributed by atoms with Crippen molar-refractivity contribution in [2.75, 3.05) is 25.4 Å². The number of hydrogen-bond acceptors (Lipinski definition) is 5. The van der Waals surface area contributed by atoms with E-state index in [0.717, 1.165) is 4.88 Å². The molecule has 1 aromatic heterocycles. The summed E-state index contributed by atoms with van der Waals surface area (Å²) in [7, 11) is -3.33. The molecule has 0 aliphatic heterocycles. The van der Waals surface area contributed by atoms with Gasteiger partial charge in [0, 0.05) is 24.9 Å². The van der Waals surface area contributed by atoms with Crippen molar-refractivity contribution in [3.63, 3.8) is 0 Å². The zero-order chi connectivity index (χ0) is 15.7. The number of hydrogen-bond donors (Lipinski definition) is 3. The van der Waals surface area contributed by atoms with Gasteiger partial charge in [-0.1, -0.05) is 18.8 Å². The average molecular weight is 330 g/mol. The van der Waals surface area contributed by atoms with Crippen molar-refractivity contribution >= 4 is 27.3 Å². The molecule has 0 atom stereocenters. The van der Waals surface area contributed by atoms with E-state index in [-0.39, 0.29) is 24.8 Å². The van der Waals surface area contributed by atoms with Crippen LogP contribution in [0.3, 0.4) is 0 Å². The summed E-state index contributed by atoms with van der Waals surface area (Å²) in [5.41, 5.74) is 0.453. The first-order valence-corrected chi connectivity index (χ1v) is 8.95. The van der Waals surface area contributed by atoms with Crippen LogP contribution in [0.2, 0.25) is 0 Å². The second-order valence-corrected chi connectivity index (χ2v) is 6.89. The van der Waals surface area contributed by atoms with Gasteiger partial charge in [0.2, 0.25) is 10.0 Å². The lowest BCUT2D eigenvalue weighted by molar-refractivity contribution is 0.0956. The number of rotatable bonds is 7. The molecule has 116 valence electrons. The summed E-state index contributed by atoms with van der Waals surface area (Å²) in [4.78, 5) is 12.6. The molecule has 0 spiro atoms. The highest BCUT2D eigenvalue weighted by Crippen LogP contribution is 2.13. The highest BCUT2D eigenvalue weighted by molar-refractivity contribution is 7.89. The summed E-state index contributed by atoms with van der Waals surface area (Å²) in [6.07, 6.45) is 0.391. The zero-order valence-electron chi connectivity index (χ0n) is 11.7. The smallest absolute Gasteiger partial charge is 0.252 e. The molecule has 1 rings (SSSR count). The van der Waals surface area contributed by atoms with Crippen molar-refractivity contribution in [3.05, 3.63) is 21.9 Å². The highest BCUT2D eigenvalue weighted by Gasteiger charge is 2.11. The minimum atomic E-state index is -3.33. The predicted octanol–water partition coefficient (Wildman–Crippen LogP) is 0.151. The molecule has 0 aliphatic carbocycles. The SMILES string of the molecule is CCNS(=O)(=O)CCNC(=O)c1csc(C#CCCO)c1. The van der Waals surface area contributed by atoms with Crippen LogP contribution in [-0.2, 0) is 10.0 Å². The molecule has 1 heterocycles. The first-order valence-electron chi connectivity index (χ1n) is 6.42. The molecule has 0 saturated heterocycles. The third kappa shape index (κ3) is 6.73. The van der Waals surface area contributed by atoms with Gasteiger partial charge >= 0.3 is 0 Å². The fraction of sp³-hybridized carbons (Fsp3) is 0.462. The van der Waals surface area contributed by atoms with Crippen LogP contribution in [0.15, 0.2) is 11.4 Å². The van der Waals surface area contributed by atoms with E-state index in [4.69, 9.17) is 5.11 Å². The van der Waals surface area contributed by atoms with Crippen LogP contribution in [0.1, 0.15) is 28.6 Å². The number of carbonyl (C=O) groups is 1. The molecule has 0 saturated carbocycles. The van der Waals surface area contributed by atoms with E-state index < -0.39 is 10.0 Å². The Hall–Kier alpha value is -1.40. The second-order valence-electron chi connectivity index (χ2n) is 4.05. The Morgan fingerprint density at radius 2 is 2.24 bits per heavy atom. The van der Waals surface area contributed by atoms with Crippen LogP contribution >= 0.6 is 11.3 Å². The van der Waals surface area contributed by atoms with Gasteiger partial charge in [-0.25, -0.2) is 13.1 Å². The van der Waals surface area contributed by atoms with E-state index in [1.54, 1.807) is 18.4 Å². The van der Waals surface area contributed by atoms with Crippen molar-refractivity contribution in [1.82, 2.24) is 10.0 Å². The lowest BCUT2D eigenvalue weighted by Crippen LogP contribution is -2.34. The van der Waals surface area contributed by atoms with Gasteiger partial charge < -0.3 is 10.4 Å². The molecule has 0 aromatic carbocycles. The van der Waals surface area contributed by atoms with E-state index in [0.29, 0.717) is 18.5 Å². The first-order chi connectivity index (χ1) is 9.98. The Morgan fingerprint density at radius 3 is 2.90 bits per heavy atom. The van der Waals surface area contributed by atoms with Crippen LogP contribution in [0.25, 0.3) is 0 Å². The molecule has 8 heteroatoms. The van der Waals surface area contributed by atoms with Crippen molar-refractivity contribution in [2.24, 2.45) is 0 Å². The molecule has 0 unspecified atom stereocenters. The summed E-state index contributed by atoms with van der Waals surface area (Å²) in [5, 5.41) is 12.8. The number of sulfonamides is 1. The first kappa shape index (κ1) is 17.7. The van der Waals surface area contributed by atoms with E-state index in [2.05, 4.69) is 21.9 Å². The largest absolute Gasteiger partial charge is 0.395 e. The number of aliphatic hydroxyl groups excluding tert-OH is 1. The Bertz CT molecular complexity index is 626. The van der Waals surface area contributed by atoms with E-state index in [1.807, 2.05) is 0 Å². The number of thiophene rings is 1. The Balaban J connectivity index is 2.48. The maximum absolute atomic E-state index is 11.8. The van der Waals surface area contributed by atoms with Crippen molar-refractivity contribution in [1.29, 1.82) is 0 Å². The molecule has 3 N–H and O–H groups in total. The number of aliphatic hydroxyl groups is 1. The minimum absolute atomic E-state index is 0.00594. The third-order valence-electron chi connectivity index (χ3n) is 2.33. The van der Waals surface area contributed by atoms with Gasteiger partial charge in [0.1, 0.15) is 0 Å². The van der Waals surface area contributed by atoms with Crippen LogP contribution < -0.4 is 10.0 Å². The normalized spacial score (nSPS) is 10.8. The minimum Gasteiger partial charge on any atom is -0.395 e. The maximum atomic E-state index is 11.8. The predicted molar refractivity (Wildman–Crippen MR) is 82.7 cm³/mol. The standard InChI is InChI=1S/C13H18N2O4S2/c1-2-15-21(18,19)8-6-14-13(17)11-9-12(20-10-11)5-3-4-7-16/h9-10,15-16H,2,4,6-8H2,1H3,(H,14,17). The van der Waals surface area contributed by atoms with Crippen LogP contribution in [-0.4, -0.2) is 44.9 Å². The average Bonchev–Trinajstić information content (AvgIpc) is 2.87. The van der Waals surface area contributed by atoms with Crippen molar-refractivity contribution in [3.8, 4) is 11.8 Å². The Kier molecular flexibility index (Phi) is 7.39. The van der Waals surface area contributed by atoms with Gasteiger partial charge in [-0.3, -0.25) is 4.79 Å². The molecule has 0 bridgehead atoms. The number of carbonyl (C=O) groups excluding carboxylic acids is 1. The van der Waals surface area contributed by atoms with Crippen molar-refractivity contribution < 1.29 is 18.3 Å². The topological polar surface area (TPSA) is 95.5 Å². The van der Waals surface area contributed by atoms with Crippen LogP contribution in [0, 0.1) is 11.8 Å². The van der Waals surface area contributed by atoms with E-state index in [1.165, 1.54) is 11.3 Å². The van der Waals surface area contributed by atoms with Gasteiger partial charge in [0.25, 0.3) is 5.91 Å². The molecule has 1 aromatic rings. The fourth-order valence-electron chi connectivity index (χ4n) is 1.42. The Labute approximate surface area is 128 Å². The quantitative estimate of drug-likeness (QED) is 0.620. The zero-order valence-corrected chi connectivity index (χ0v) is 13.3. The molecular formula is C13H18N2O4S2. The van der Waals surface area contributed by atoms with Gasteiger partial charge in [-0.05, 0) is 6.07 Å². The van der Waals surface area contributed by atoms with Crippen molar-refractivity contribution in [2.45, 2.75) is 13.3 Å². The number of amides is 1. The van der Waals surface area contributed by atoms with Gasteiger partial charge in [0.15, 0.2) is 0 Å². The lowest BCUT2D eigenvalue weighted by Gasteiger charge is -2.05. The van der Waals surface area contributed by atoms with Gasteiger partial charge in [-0.2, -0.15) is 0 Å². The summed E-state index contributed by atoms with van der Waals surface area (Å²) in [6, 6.07) is 1.64. The van der Waals surface area contributed by atoms with E-state index in [9.17, 15) is 13.2 Å². The van der Waals surface area contributed by atoms with E-state index >= 15 is 0 Å². The summed E-state index contributed by atoms with van der Waals surface area (Å²) in [5.74, 6) is 5.13. The summed E-state index contributed by atoms with van der Waals surface area (Å²) >= 11 is 1.33. The highest BCUT2D eigenvalue weighted by atomic mass is 32.2. The maximum Gasteiger partial charge on any atom is 0.252 e. The molecular weight excluding hydrogens is 312 g/mol. The molecule has 0 aliphatic rings. The van der Waals surface area contributed by atoms with Gasteiger partial charge in [0.05, 0.1) is 22.8 Å². The molecule has 6 nitrogen and oxygen atoms in total. The summed E-state index contributed by atoms with van der Waals surface area (Å²) in [6.45, 7) is 2.08. The molecule has 1 amide bonds. The van der Waals surface area contributed by atoms with Crippen LogP contribution in [0.5, 0.6) is 0 Å². The number of nitrogens with one attached hydrogen (secondary N) is 2.